The highest BCUT2D eigenvalue weighted by atomic mass is 35.5. The van der Waals surface area contributed by atoms with Crippen LogP contribution < -0.4 is 10.9 Å². The number of hydrogen-bond donors (Lipinski definition) is 0. The van der Waals surface area contributed by atoms with Gasteiger partial charge in [0.1, 0.15) is 0 Å². The van der Waals surface area contributed by atoms with Gasteiger partial charge in [-0.2, -0.15) is 0 Å². The van der Waals surface area contributed by atoms with Crippen molar-refractivity contribution in [1.29, 1.82) is 0 Å². The second-order valence-corrected chi connectivity index (χ2v) is 9.41. The van der Waals surface area contributed by atoms with Crippen LogP contribution >= 0.6 is 23.2 Å². The molecule has 4 rings (SSSR count). The molecule has 2 aromatic rings. The third-order valence-corrected chi connectivity index (χ3v) is 6.22. The average molecular weight is 590 g/mol. The zero-order valence-electron chi connectivity index (χ0n) is 19.7. The third-order valence-electron chi connectivity index (χ3n) is 6.22. The molecule has 0 spiro atoms. The zero-order chi connectivity index (χ0) is 28.8. The molecule has 2 aliphatic rings. The van der Waals surface area contributed by atoms with Gasteiger partial charge in [0.15, 0.2) is 58.2 Å². The van der Waals surface area contributed by atoms with E-state index in [0.717, 1.165) is 0 Å². The molecule has 38 heavy (non-hydrogen) atoms. The summed E-state index contributed by atoms with van der Waals surface area (Å²) in [5.41, 5.74) is -2.24. The van der Waals surface area contributed by atoms with Crippen LogP contribution in [0.3, 0.4) is 0 Å². The molecule has 0 aromatic heterocycles. The molecule has 0 aliphatic heterocycles. The van der Waals surface area contributed by atoms with E-state index in [-0.39, 0.29) is 11.3 Å². The van der Waals surface area contributed by atoms with Crippen LogP contribution in [0.15, 0.2) is 34.5 Å². The Morgan fingerprint density at radius 2 is 1.03 bits per heavy atom. The number of fused-ring (bicyclic) bond motifs is 1. The van der Waals surface area contributed by atoms with Crippen molar-refractivity contribution >= 4 is 40.8 Å². The standard InChI is InChI=1S/C23H14BF10N.CH2Cl2/c1-7-4-11(35(2)3)10-6-8(5-9(7)10)24(12-14(25)18(29)22(33)19(30)15(12)26)13-16(27)20(31)23(34)21(32)17(13)28;2-1-3/h5-7H,4H2,1-3H3;1H2/t7-;/m1./s1. The Labute approximate surface area is 221 Å². The second-order valence-electron chi connectivity index (χ2n) is 8.61. The molecular formula is C24H16BCl2F10N. The van der Waals surface area contributed by atoms with Gasteiger partial charge < -0.3 is 4.90 Å². The SMILES string of the molecule is C[C@@H]1CC(N(C)C)=C2C=C(B(c3c(F)c(F)c(F)c(F)c3F)c3c(F)c(F)c(F)c(F)c3F)C=C21.ClCCl. The Kier molecular flexibility index (Phi) is 8.87. The fraction of sp³-hybridized carbons (Fsp3) is 0.250. The molecule has 1 atom stereocenters. The third kappa shape index (κ3) is 4.81. The maximum atomic E-state index is 14.8. The Balaban J connectivity index is 0.00000127. The van der Waals surface area contributed by atoms with E-state index < -0.39 is 81.3 Å². The van der Waals surface area contributed by atoms with Gasteiger partial charge in [-0.25, -0.2) is 43.9 Å². The largest absolute Gasteiger partial charge is 0.380 e. The fourth-order valence-corrected chi connectivity index (χ4v) is 4.54. The smallest absolute Gasteiger partial charge is 0.257 e. The monoisotopic (exact) mass is 589 g/mol. The first-order valence-corrected chi connectivity index (χ1v) is 11.8. The highest BCUT2D eigenvalue weighted by Crippen LogP contribution is 2.43. The summed E-state index contributed by atoms with van der Waals surface area (Å²) in [6.07, 6.45) is 2.90. The van der Waals surface area contributed by atoms with E-state index in [0.29, 0.717) is 23.3 Å². The van der Waals surface area contributed by atoms with Crippen LogP contribution in [-0.2, 0) is 0 Å². The van der Waals surface area contributed by atoms with Crippen molar-refractivity contribution in [2.45, 2.75) is 13.3 Å². The summed E-state index contributed by atoms with van der Waals surface area (Å²) in [5, 5.41) is 0.194. The lowest BCUT2D eigenvalue weighted by molar-refractivity contribution is 0.382. The Hall–Kier alpha value is -2.60. The summed E-state index contributed by atoms with van der Waals surface area (Å²) >= 11 is 9.53. The van der Waals surface area contributed by atoms with Crippen molar-refractivity contribution in [3.05, 3.63) is 92.6 Å². The Morgan fingerprint density at radius 1 is 0.684 bits per heavy atom. The first-order chi connectivity index (χ1) is 17.7. The van der Waals surface area contributed by atoms with Crippen molar-refractivity contribution in [3.8, 4) is 0 Å². The molecule has 2 aliphatic carbocycles. The molecular weight excluding hydrogens is 574 g/mol. The average Bonchev–Trinajstić information content (AvgIpc) is 3.43. The van der Waals surface area contributed by atoms with Gasteiger partial charge in [0.05, 0.1) is 5.34 Å². The number of allylic oxidation sites excluding steroid dienone is 6. The van der Waals surface area contributed by atoms with E-state index in [4.69, 9.17) is 23.2 Å². The van der Waals surface area contributed by atoms with Gasteiger partial charge in [0.25, 0.3) is 6.71 Å². The lowest BCUT2D eigenvalue weighted by Gasteiger charge is -2.20. The molecule has 204 valence electrons. The van der Waals surface area contributed by atoms with Crippen LogP contribution in [-0.4, -0.2) is 31.0 Å². The lowest BCUT2D eigenvalue weighted by atomic mass is 9.35. The van der Waals surface area contributed by atoms with E-state index in [1.54, 1.807) is 25.9 Å². The van der Waals surface area contributed by atoms with E-state index in [1.807, 2.05) is 0 Å². The minimum absolute atomic E-state index is 0.194. The number of halogens is 12. The highest BCUT2D eigenvalue weighted by Gasteiger charge is 2.43. The summed E-state index contributed by atoms with van der Waals surface area (Å²) < 4.78 is 143. The molecule has 0 N–H and O–H groups in total. The van der Waals surface area contributed by atoms with Crippen molar-refractivity contribution in [3.63, 3.8) is 0 Å². The topological polar surface area (TPSA) is 3.24 Å². The quantitative estimate of drug-likeness (QED) is 0.132. The van der Waals surface area contributed by atoms with Crippen LogP contribution in [0.25, 0.3) is 0 Å². The molecule has 1 nitrogen and oxygen atoms in total. The van der Waals surface area contributed by atoms with Gasteiger partial charge in [-0.05, 0) is 23.5 Å². The molecule has 0 saturated heterocycles. The number of hydrogen-bond acceptors (Lipinski definition) is 1. The summed E-state index contributed by atoms with van der Waals surface area (Å²) in [5.74, 6) is -24.8. The Morgan fingerprint density at radius 3 is 1.37 bits per heavy atom. The van der Waals surface area contributed by atoms with Gasteiger partial charge in [-0.3, -0.25) is 0 Å². The first kappa shape index (κ1) is 30.0. The molecule has 0 amide bonds. The summed E-state index contributed by atoms with van der Waals surface area (Å²) in [6, 6.07) is 0. The van der Waals surface area contributed by atoms with Crippen molar-refractivity contribution in [2.75, 3.05) is 19.4 Å². The van der Waals surface area contributed by atoms with Crippen LogP contribution in [0.2, 0.25) is 0 Å². The van der Waals surface area contributed by atoms with Gasteiger partial charge in [-0.15, -0.1) is 23.2 Å². The maximum Gasteiger partial charge on any atom is 0.257 e. The molecule has 0 radical (unpaired) electrons. The number of alkyl halides is 2. The van der Waals surface area contributed by atoms with E-state index in [9.17, 15) is 43.9 Å². The first-order valence-electron chi connectivity index (χ1n) is 10.7. The molecule has 0 fully saturated rings. The van der Waals surface area contributed by atoms with Gasteiger partial charge in [0.2, 0.25) is 0 Å². The van der Waals surface area contributed by atoms with Crippen LogP contribution in [0.1, 0.15) is 13.3 Å². The van der Waals surface area contributed by atoms with Crippen molar-refractivity contribution in [1.82, 2.24) is 4.90 Å². The summed E-state index contributed by atoms with van der Waals surface area (Å²) in [7, 11) is 3.35. The number of benzene rings is 2. The summed E-state index contributed by atoms with van der Waals surface area (Å²) in [4.78, 5) is 1.69. The molecule has 14 heteroatoms. The molecule has 0 bridgehead atoms. The van der Waals surface area contributed by atoms with E-state index in [1.165, 1.54) is 12.2 Å². The highest BCUT2D eigenvalue weighted by molar-refractivity contribution is 6.91. The lowest BCUT2D eigenvalue weighted by Crippen LogP contribution is -2.52. The van der Waals surface area contributed by atoms with Crippen molar-refractivity contribution < 1.29 is 43.9 Å². The van der Waals surface area contributed by atoms with Crippen LogP contribution in [0.4, 0.5) is 43.9 Å². The van der Waals surface area contributed by atoms with Gasteiger partial charge in [-0.1, -0.05) is 24.5 Å². The second kappa shape index (κ2) is 11.3. The van der Waals surface area contributed by atoms with Gasteiger partial charge in [0, 0.05) is 30.7 Å². The van der Waals surface area contributed by atoms with Crippen LogP contribution in [0.5, 0.6) is 0 Å². The van der Waals surface area contributed by atoms with Gasteiger partial charge >= 0.3 is 0 Å². The number of nitrogens with zero attached hydrogens (tertiary/aromatic N) is 1. The fourth-order valence-electron chi connectivity index (χ4n) is 4.54. The minimum Gasteiger partial charge on any atom is -0.380 e. The molecule has 2 aromatic carbocycles. The van der Waals surface area contributed by atoms with Crippen LogP contribution in [0, 0.1) is 64.1 Å². The maximum absolute atomic E-state index is 14.8. The molecule has 0 saturated carbocycles. The normalized spacial score (nSPS) is 16.2. The zero-order valence-corrected chi connectivity index (χ0v) is 21.2. The van der Waals surface area contributed by atoms with Crippen molar-refractivity contribution in [2.24, 2.45) is 5.92 Å². The minimum atomic E-state index is -2.55. The van der Waals surface area contributed by atoms with E-state index in [2.05, 4.69) is 0 Å². The number of rotatable bonds is 4. The molecule has 0 unspecified atom stereocenters. The predicted molar refractivity (Wildman–Crippen MR) is 125 cm³/mol. The predicted octanol–water partition coefficient (Wildman–Crippen LogP) is 6.37. The Bertz CT molecular complexity index is 1280. The van der Waals surface area contributed by atoms with E-state index >= 15 is 0 Å². The molecule has 0 heterocycles. The summed E-state index contributed by atoms with van der Waals surface area (Å²) in [6.45, 7) is -0.796.